The smallest absolute Gasteiger partial charge is 0.292 e. The van der Waals surface area contributed by atoms with E-state index in [1.54, 1.807) is 41.7 Å². The van der Waals surface area contributed by atoms with Gasteiger partial charge in [-0.1, -0.05) is 19.1 Å². The van der Waals surface area contributed by atoms with Crippen LogP contribution in [0.2, 0.25) is 0 Å². The number of anilines is 1. The molecule has 154 valence electrons. The second kappa shape index (κ2) is 8.73. The summed E-state index contributed by atoms with van der Waals surface area (Å²) in [6, 6.07) is 12.5. The number of ether oxygens (including phenoxy) is 1. The van der Waals surface area contributed by atoms with Crippen LogP contribution in [0.1, 0.15) is 25.3 Å². The number of rotatable bonds is 8. The summed E-state index contributed by atoms with van der Waals surface area (Å²) >= 11 is 0. The molecule has 0 aliphatic carbocycles. The van der Waals surface area contributed by atoms with Crippen molar-refractivity contribution in [1.82, 2.24) is 0 Å². The van der Waals surface area contributed by atoms with E-state index in [9.17, 15) is 18.0 Å². The monoisotopic (exact) mass is 418 g/mol. The van der Waals surface area contributed by atoms with E-state index >= 15 is 0 Å². The van der Waals surface area contributed by atoms with Gasteiger partial charge in [-0.2, -0.15) is 0 Å². The number of hydrogen-bond donors (Lipinski definition) is 2. The molecule has 2 amide bonds. The Morgan fingerprint density at radius 1 is 1.10 bits per heavy atom. The first-order valence-electron chi connectivity index (χ1n) is 9.34. The standard InChI is InChI=1S/C20H23N3O5S/c1-2-11-28-16-7-5-15(6-8-16)23-19(24)12-18(20(23)25)22-13-14-3-9-17(10-4-14)29(21,26)27/h3-10,18,22H,2,11-13H2,1H3,(H2,21,26,27)/p+1/t18-/m1/s1. The van der Waals surface area contributed by atoms with Crippen molar-refractivity contribution in [2.45, 2.75) is 37.2 Å². The van der Waals surface area contributed by atoms with Crippen molar-refractivity contribution in [2.24, 2.45) is 5.14 Å². The Labute approximate surface area is 169 Å². The lowest BCUT2D eigenvalue weighted by atomic mass is 10.2. The molecule has 2 aromatic carbocycles. The number of nitrogens with two attached hydrogens (primary N) is 2. The van der Waals surface area contributed by atoms with E-state index in [1.165, 1.54) is 17.0 Å². The van der Waals surface area contributed by atoms with Gasteiger partial charge >= 0.3 is 0 Å². The largest absolute Gasteiger partial charge is 0.494 e. The third-order valence-electron chi connectivity index (χ3n) is 4.64. The highest BCUT2D eigenvalue weighted by molar-refractivity contribution is 7.89. The lowest BCUT2D eigenvalue weighted by molar-refractivity contribution is -0.690. The molecule has 1 heterocycles. The first kappa shape index (κ1) is 21.0. The third kappa shape index (κ3) is 5.00. The molecule has 1 aliphatic heterocycles. The number of amides is 2. The van der Waals surface area contributed by atoms with Crippen molar-refractivity contribution < 1.29 is 28.1 Å². The van der Waals surface area contributed by atoms with Gasteiger partial charge in [0, 0.05) is 5.56 Å². The Morgan fingerprint density at radius 2 is 1.76 bits per heavy atom. The zero-order valence-corrected chi connectivity index (χ0v) is 16.9. The molecule has 4 N–H and O–H groups in total. The summed E-state index contributed by atoms with van der Waals surface area (Å²) < 4.78 is 28.1. The van der Waals surface area contributed by atoms with Gasteiger partial charge < -0.3 is 10.1 Å². The topological polar surface area (TPSA) is 123 Å². The maximum absolute atomic E-state index is 12.7. The molecule has 0 radical (unpaired) electrons. The highest BCUT2D eigenvalue weighted by atomic mass is 32.2. The predicted octanol–water partition coefficient (Wildman–Crippen LogP) is 0.518. The van der Waals surface area contributed by atoms with Gasteiger partial charge in [0.2, 0.25) is 15.9 Å². The molecule has 1 aliphatic rings. The molecule has 8 nitrogen and oxygen atoms in total. The molecule has 29 heavy (non-hydrogen) atoms. The minimum absolute atomic E-state index is 0.0332. The average molecular weight is 418 g/mol. The van der Waals surface area contributed by atoms with E-state index in [0.29, 0.717) is 24.6 Å². The van der Waals surface area contributed by atoms with Crippen LogP contribution in [0.4, 0.5) is 5.69 Å². The summed E-state index contributed by atoms with van der Waals surface area (Å²) in [5, 5.41) is 6.87. The van der Waals surface area contributed by atoms with Gasteiger partial charge in [-0.3, -0.25) is 9.59 Å². The van der Waals surface area contributed by atoms with Crippen LogP contribution < -0.4 is 20.1 Å². The van der Waals surface area contributed by atoms with Crippen molar-refractivity contribution in [2.75, 3.05) is 11.5 Å². The van der Waals surface area contributed by atoms with Crippen LogP contribution in [-0.4, -0.2) is 32.9 Å². The van der Waals surface area contributed by atoms with Gasteiger partial charge in [0.15, 0.2) is 6.04 Å². The number of quaternary nitrogens is 1. The van der Waals surface area contributed by atoms with Crippen LogP contribution in [0.15, 0.2) is 53.4 Å². The summed E-state index contributed by atoms with van der Waals surface area (Å²) in [6.45, 7) is 3.06. The van der Waals surface area contributed by atoms with Gasteiger partial charge in [0.05, 0.1) is 23.6 Å². The average Bonchev–Trinajstić information content (AvgIpc) is 2.98. The van der Waals surface area contributed by atoms with Crippen LogP contribution in [0.5, 0.6) is 5.75 Å². The molecular formula is C20H24N3O5S+. The lowest BCUT2D eigenvalue weighted by Gasteiger charge is -2.15. The quantitative estimate of drug-likeness (QED) is 0.605. The predicted molar refractivity (Wildman–Crippen MR) is 107 cm³/mol. The zero-order valence-electron chi connectivity index (χ0n) is 16.1. The molecule has 1 saturated heterocycles. The number of hydrogen-bond acceptors (Lipinski definition) is 5. The van der Waals surface area contributed by atoms with E-state index in [2.05, 4.69) is 0 Å². The number of imide groups is 1. The summed E-state index contributed by atoms with van der Waals surface area (Å²) in [4.78, 5) is 26.4. The number of nitrogens with zero attached hydrogens (tertiary/aromatic N) is 1. The van der Waals surface area contributed by atoms with Crippen LogP contribution in [0, 0.1) is 0 Å². The zero-order chi connectivity index (χ0) is 21.0. The minimum Gasteiger partial charge on any atom is -0.494 e. The Bertz CT molecular complexity index is 988. The van der Waals surface area contributed by atoms with Crippen molar-refractivity contribution >= 4 is 27.5 Å². The van der Waals surface area contributed by atoms with Gasteiger partial charge in [0.25, 0.3) is 5.91 Å². The number of primary sulfonamides is 1. The second-order valence-corrected chi connectivity index (χ2v) is 8.41. The van der Waals surface area contributed by atoms with Crippen molar-refractivity contribution in [3.8, 4) is 5.75 Å². The first-order valence-corrected chi connectivity index (χ1v) is 10.9. The normalized spacial score (nSPS) is 17.0. The summed E-state index contributed by atoms with van der Waals surface area (Å²) in [5.74, 6) is 0.183. The van der Waals surface area contributed by atoms with E-state index in [4.69, 9.17) is 9.88 Å². The number of carbonyl (C=O) groups is 2. The van der Waals surface area contributed by atoms with Gasteiger partial charge in [-0.25, -0.2) is 18.5 Å². The Balaban J connectivity index is 1.63. The molecule has 3 rings (SSSR count). The first-order chi connectivity index (χ1) is 13.8. The molecule has 1 atom stereocenters. The second-order valence-electron chi connectivity index (χ2n) is 6.85. The van der Waals surface area contributed by atoms with Crippen LogP contribution >= 0.6 is 0 Å². The summed E-state index contributed by atoms with van der Waals surface area (Å²) in [7, 11) is -3.74. The van der Waals surface area contributed by atoms with E-state index < -0.39 is 16.1 Å². The molecular weight excluding hydrogens is 394 g/mol. The van der Waals surface area contributed by atoms with Crippen molar-refractivity contribution in [1.29, 1.82) is 0 Å². The third-order valence-corrected chi connectivity index (χ3v) is 5.57. The maximum atomic E-state index is 12.7. The Hall–Kier alpha value is -2.75. The molecule has 0 unspecified atom stereocenters. The molecule has 0 spiro atoms. The fraction of sp³-hybridized carbons (Fsp3) is 0.300. The van der Waals surface area contributed by atoms with E-state index in [-0.39, 0.29) is 23.1 Å². The molecule has 0 bridgehead atoms. The fourth-order valence-electron chi connectivity index (χ4n) is 3.12. The lowest BCUT2D eigenvalue weighted by Crippen LogP contribution is -2.90. The highest BCUT2D eigenvalue weighted by Gasteiger charge is 2.42. The molecule has 2 aromatic rings. The minimum atomic E-state index is -3.74. The summed E-state index contributed by atoms with van der Waals surface area (Å²) in [5.41, 5.74) is 1.35. The van der Waals surface area contributed by atoms with E-state index in [0.717, 1.165) is 12.0 Å². The summed E-state index contributed by atoms with van der Waals surface area (Å²) in [6.07, 6.45) is 1.01. The number of carbonyl (C=O) groups excluding carboxylic acids is 2. The fourth-order valence-corrected chi connectivity index (χ4v) is 3.63. The Kier molecular flexibility index (Phi) is 6.31. The number of benzene rings is 2. The molecule has 1 fully saturated rings. The highest BCUT2D eigenvalue weighted by Crippen LogP contribution is 2.24. The van der Waals surface area contributed by atoms with Crippen LogP contribution in [-0.2, 0) is 26.2 Å². The van der Waals surface area contributed by atoms with Gasteiger partial charge in [-0.05, 0) is 42.8 Å². The van der Waals surface area contributed by atoms with Crippen LogP contribution in [0.3, 0.4) is 0 Å². The van der Waals surface area contributed by atoms with E-state index in [1.807, 2.05) is 6.92 Å². The van der Waals surface area contributed by atoms with Gasteiger partial charge in [0.1, 0.15) is 12.3 Å². The van der Waals surface area contributed by atoms with Gasteiger partial charge in [-0.15, -0.1) is 0 Å². The number of sulfonamides is 1. The van der Waals surface area contributed by atoms with Crippen LogP contribution in [0.25, 0.3) is 0 Å². The Morgan fingerprint density at radius 3 is 2.34 bits per heavy atom. The molecule has 9 heteroatoms. The van der Waals surface area contributed by atoms with Crippen molar-refractivity contribution in [3.63, 3.8) is 0 Å². The molecule has 0 aromatic heterocycles. The maximum Gasteiger partial charge on any atom is 0.292 e. The molecule has 0 saturated carbocycles. The SMILES string of the molecule is CCCOc1ccc(N2C(=O)C[C@@H]([NH2+]Cc3ccc(S(N)(=O)=O)cc3)C2=O)cc1. The van der Waals surface area contributed by atoms with Crippen molar-refractivity contribution in [3.05, 3.63) is 54.1 Å².